The molecule has 4 rings (SSSR count). The molecule has 4 aromatic carbocycles. The fourth-order valence-corrected chi connectivity index (χ4v) is 6.85. The van der Waals surface area contributed by atoms with Crippen molar-refractivity contribution in [2.45, 2.75) is 131 Å². The normalized spacial score (nSPS) is 12.7. The van der Waals surface area contributed by atoms with E-state index in [-0.39, 0.29) is 27.4 Å². The molecule has 3 heteroatoms. The number of esters is 1. The molecule has 0 aromatic heterocycles. The van der Waals surface area contributed by atoms with Crippen LogP contribution in [-0.2, 0) is 28.1 Å². The summed E-state index contributed by atoms with van der Waals surface area (Å²) in [5.74, 6) is 0.320. The summed E-state index contributed by atoms with van der Waals surface area (Å²) in [4.78, 5) is 14.3. The maximum atomic E-state index is 14.3. The van der Waals surface area contributed by atoms with Crippen LogP contribution in [0, 0.1) is 0 Å². The number of hydrogen-bond donors (Lipinski definition) is 1. The second-order valence-corrected chi connectivity index (χ2v) is 17.5. The fourth-order valence-electron chi connectivity index (χ4n) is 6.85. The fraction of sp³-hybridized carbons (Fsp3) is 0.444. The maximum Gasteiger partial charge on any atom is 0.343 e. The van der Waals surface area contributed by atoms with Crippen molar-refractivity contribution in [3.8, 4) is 33.8 Å². The van der Waals surface area contributed by atoms with Crippen molar-refractivity contribution in [3.05, 3.63) is 106 Å². The van der Waals surface area contributed by atoms with Gasteiger partial charge in [-0.25, -0.2) is 4.79 Å². The van der Waals surface area contributed by atoms with Crippen LogP contribution in [0.25, 0.3) is 22.3 Å². The number of rotatable bonds is 7. The molecule has 0 unspecified atom stereocenters. The van der Waals surface area contributed by atoms with Gasteiger partial charge >= 0.3 is 5.97 Å². The molecule has 0 spiro atoms. The first-order valence-electron chi connectivity index (χ1n) is 17.6. The molecule has 0 aliphatic carbocycles. The van der Waals surface area contributed by atoms with Crippen molar-refractivity contribution in [2.24, 2.45) is 0 Å². The summed E-state index contributed by atoms with van der Waals surface area (Å²) < 4.78 is 6.65. The number of carbonyl (C=O) groups is 1. The number of ether oxygens (including phenoxy) is 1. The lowest BCUT2D eigenvalue weighted by molar-refractivity contribution is 0.0734. The standard InChI is InChI=1S/C45H58O3/c1-14-15-20-29-27-30(46)25-26-31(29)41(47)48-37-28-36(44(8,9)10)38(32-21-16-18-23-34(32)42(2,3)4)40(45(11,12)13)39(37)33-22-17-19-24-35(33)43(5,6)7/h16-19,21-28,46H,14-15,20H2,1-13H3. The van der Waals surface area contributed by atoms with Gasteiger partial charge in [0.15, 0.2) is 0 Å². The van der Waals surface area contributed by atoms with Crippen LogP contribution < -0.4 is 4.74 Å². The van der Waals surface area contributed by atoms with Crippen molar-refractivity contribution in [1.29, 1.82) is 0 Å². The number of aromatic hydroxyl groups is 1. The van der Waals surface area contributed by atoms with E-state index in [1.807, 2.05) is 0 Å². The Labute approximate surface area is 290 Å². The van der Waals surface area contributed by atoms with E-state index < -0.39 is 5.97 Å². The van der Waals surface area contributed by atoms with E-state index in [1.54, 1.807) is 18.2 Å². The van der Waals surface area contributed by atoms with E-state index in [0.717, 1.165) is 35.1 Å². The van der Waals surface area contributed by atoms with Crippen molar-refractivity contribution in [3.63, 3.8) is 0 Å². The highest BCUT2D eigenvalue weighted by molar-refractivity contribution is 5.96. The van der Waals surface area contributed by atoms with Crippen LogP contribution in [0.4, 0.5) is 0 Å². The van der Waals surface area contributed by atoms with Crippen LogP contribution >= 0.6 is 0 Å². The van der Waals surface area contributed by atoms with Gasteiger partial charge in [0.2, 0.25) is 0 Å². The van der Waals surface area contributed by atoms with Crippen LogP contribution in [0.15, 0.2) is 72.8 Å². The Morgan fingerprint density at radius 2 is 1.12 bits per heavy atom. The number of hydrogen-bond acceptors (Lipinski definition) is 3. The molecule has 0 atom stereocenters. The molecule has 0 aliphatic heterocycles. The zero-order valence-electron chi connectivity index (χ0n) is 31.8. The third-order valence-electron chi connectivity index (χ3n) is 9.17. The summed E-state index contributed by atoms with van der Waals surface area (Å²) in [6.45, 7) is 29.2. The minimum Gasteiger partial charge on any atom is -0.508 e. The third-order valence-corrected chi connectivity index (χ3v) is 9.17. The Kier molecular flexibility index (Phi) is 10.5. The van der Waals surface area contributed by atoms with Crippen LogP contribution in [0.1, 0.15) is 141 Å². The zero-order chi connectivity index (χ0) is 35.8. The number of aryl methyl sites for hydroxylation is 1. The lowest BCUT2D eigenvalue weighted by atomic mass is 9.68. The molecule has 0 radical (unpaired) electrons. The van der Waals surface area contributed by atoms with E-state index in [9.17, 15) is 9.90 Å². The number of phenols is 1. The Bertz CT molecular complexity index is 1780. The topological polar surface area (TPSA) is 46.5 Å². The van der Waals surface area contributed by atoms with Crippen molar-refractivity contribution < 1.29 is 14.6 Å². The maximum absolute atomic E-state index is 14.3. The molecule has 0 saturated heterocycles. The third kappa shape index (κ3) is 7.88. The molecular weight excluding hydrogens is 588 g/mol. The largest absolute Gasteiger partial charge is 0.508 e. The Hall–Kier alpha value is -3.85. The van der Waals surface area contributed by atoms with Crippen LogP contribution in [-0.4, -0.2) is 11.1 Å². The van der Waals surface area contributed by atoms with Gasteiger partial charge in [0, 0.05) is 5.56 Å². The van der Waals surface area contributed by atoms with E-state index >= 15 is 0 Å². The van der Waals surface area contributed by atoms with Gasteiger partial charge in [0.25, 0.3) is 0 Å². The van der Waals surface area contributed by atoms with Crippen molar-refractivity contribution >= 4 is 5.97 Å². The van der Waals surface area contributed by atoms with Gasteiger partial charge in [-0.15, -0.1) is 0 Å². The summed E-state index contributed by atoms with van der Waals surface area (Å²) in [6.07, 6.45) is 2.59. The highest BCUT2D eigenvalue weighted by atomic mass is 16.5. The number of carbonyl (C=O) groups excluding carboxylic acids is 1. The first-order valence-corrected chi connectivity index (χ1v) is 17.6. The predicted molar refractivity (Wildman–Crippen MR) is 204 cm³/mol. The molecule has 0 fully saturated rings. The van der Waals surface area contributed by atoms with Gasteiger partial charge in [-0.05, 0) is 103 Å². The van der Waals surface area contributed by atoms with Crippen LogP contribution in [0.5, 0.6) is 11.5 Å². The van der Waals surface area contributed by atoms with E-state index in [2.05, 4.69) is 145 Å². The Morgan fingerprint density at radius 3 is 1.60 bits per heavy atom. The summed E-state index contributed by atoms with van der Waals surface area (Å²) in [5, 5.41) is 10.3. The van der Waals surface area contributed by atoms with Crippen LogP contribution in [0.2, 0.25) is 0 Å². The SMILES string of the molecule is CCCCc1cc(O)ccc1C(=O)Oc1cc(C(C)(C)C)c(-c2ccccc2C(C)(C)C)c(C(C)(C)C)c1-c1ccccc1C(C)(C)C. The average molecular weight is 647 g/mol. The molecule has 3 nitrogen and oxygen atoms in total. The van der Waals surface area contributed by atoms with Crippen LogP contribution in [0.3, 0.4) is 0 Å². The van der Waals surface area contributed by atoms with Gasteiger partial charge in [-0.3, -0.25) is 0 Å². The Balaban J connectivity index is 2.22. The highest BCUT2D eigenvalue weighted by Crippen LogP contribution is 2.52. The van der Waals surface area contributed by atoms with Crippen molar-refractivity contribution in [2.75, 3.05) is 0 Å². The molecule has 4 aromatic rings. The average Bonchev–Trinajstić information content (AvgIpc) is 2.97. The molecular formula is C45H58O3. The van der Waals surface area contributed by atoms with E-state index in [0.29, 0.717) is 17.7 Å². The lowest BCUT2D eigenvalue weighted by Crippen LogP contribution is -2.24. The Morgan fingerprint density at radius 1 is 0.625 bits per heavy atom. The molecule has 0 aliphatic rings. The smallest absolute Gasteiger partial charge is 0.343 e. The summed E-state index contributed by atoms with van der Waals surface area (Å²) >= 11 is 0. The molecule has 0 bridgehead atoms. The summed E-state index contributed by atoms with van der Waals surface area (Å²) in [6, 6.07) is 24.5. The zero-order valence-corrected chi connectivity index (χ0v) is 31.8. The second-order valence-electron chi connectivity index (χ2n) is 17.5. The second kappa shape index (κ2) is 13.6. The van der Waals surface area contributed by atoms with Crippen molar-refractivity contribution in [1.82, 2.24) is 0 Å². The first kappa shape index (κ1) is 37.0. The van der Waals surface area contributed by atoms with Gasteiger partial charge < -0.3 is 9.84 Å². The first-order chi connectivity index (χ1) is 22.2. The number of unbranched alkanes of at least 4 members (excludes halogenated alkanes) is 1. The predicted octanol–water partition coefficient (Wildman–Crippen LogP) is 12.5. The minimum absolute atomic E-state index is 0.0940. The van der Waals surface area contributed by atoms with Gasteiger partial charge in [0.05, 0.1) is 5.56 Å². The van der Waals surface area contributed by atoms with E-state index in [4.69, 9.17) is 4.74 Å². The summed E-state index contributed by atoms with van der Waals surface area (Å²) in [7, 11) is 0. The van der Waals surface area contributed by atoms with Gasteiger partial charge in [-0.2, -0.15) is 0 Å². The number of benzene rings is 4. The number of phenolic OH excluding ortho intramolecular Hbond substituents is 1. The molecule has 256 valence electrons. The lowest BCUT2D eigenvalue weighted by Gasteiger charge is -2.36. The molecule has 0 amide bonds. The minimum atomic E-state index is -0.404. The molecule has 0 heterocycles. The molecule has 0 saturated carbocycles. The van der Waals surface area contributed by atoms with Gasteiger partial charge in [0.1, 0.15) is 11.5 Å². The highest BCUT2D eigenvalue weighted by Gasteiger charge is 2.36. The quantitative estimate of drug-likeness (QED) is 0.160. The molecule has 48 heavy (non-hydrogen) atoms. The summed E-state index contributed by atoms with van der Waals surface area (Å²) in [5.41, 5.74) is 9.70. The van der Waals surface area contributed by atoms with Gasteiger partial charge in [-0.1, -0.05) is 145 Å². The molecule has 1 N–H and O–H groups in total. The monoisotopic (exact) mass is 646 g/mol. The van der Waals surface area contributed by atoms with E-state index in [1.165, 1.54) is 27.8 Å².